The van der Waals surface area contributed by atoms with Gasteiger partial charge in [0, 0.05) is 29.4 Å². The highest BCUT2D eigenvalue weighted by molar-refractivity contribution is 6.09. The minimum absolute atomic E-state index is 0.0139. The molecule has 1 aliphatic rings. The van der Waals surface area contributed by atoms with E-state index in [1.807, 2.05) is 54.7 Å². The van der Waals surface area contributed by atoms with E-state index in [4.69, 9.17) is 4.98 Å². The summed E-state index contributed by atoms with van der Waals surface area (Å²) in [5.74, 6) is 0.563. The monoisotopic (exact) mass is 463 g/mol. The molecule has 4 heteroatoms. The molecular weight excluding hydrogens is 430 g/mol. The lowest BCUT2D eigenvalue weighted by molar-refractivity contribution is 0.0920. The minimum Gasteiger partial charge on any atom is -0.349 e. The van der Waals surface area contributed by atoms with Crippen LogP contribution < -0.4 is 5.32 Å². The summed E-state index contributed by atoms with van der Waals surface area (Å²) in [7, 11) is 0. The fourth-order valence-electron chi connectivity index (χ4n) is 5.44. The van der Waals surface area contributed by atoms with E-state index in [9.17, 15) is 4.79 Å². The molecule has 1 saturated carbocycles. The SMILES string of the molecule is CC(NC(=O)c1c(CCc2cccnc2)c(-c2ccccc2)nc2ccccc12)C1CCCCC1. The topological polar surface area (TPSA) is 54.9 Å². The molecule has 1 N–H and O–H groups in total. The van der Waals surface area contributed by atoms with Crippen LogP contribution in [0.3, 0.4) is 0 Å². The van der Waals surface area contributed by atoms with Gasteiger partial charge in [-0.05, 0) is 61.8 Å². The number of rotatable bonds is 7. The lowest BCUT2D eigenvalue weighted by Crippen LogP contribution is -2.39. The van der Waals surface area contributed by atoms with Crippen LogP contribution in [-0.4, -0.2) is 21.9 Å². The fraction of sp³-hybridized carbons (Fsp3) is 0.323. The van der Waals surface area contributed by atoms with Gasteiger partial charge in [-0.25, -0.2) is 4.98 Å². The smallest absolute Gasteiger partial charge is 0.252 e. The molecule has 2 aromatic heterocycles. The third-order valence-electron chi connectivity index (χ3n) is 7.37. The number of carbonyl (C=O) groups is 1. The van der Waals surface area contributed by atoms with Gasteiger partial charge in [-0.15, -0.1) is 0 Å². The minimum atomic E-state index is 0.0139. The van der Waals surface area contributed by atoms with E-state index in [0.29, 0.717) is 12.3 Å². The Morgan fingerprint density at radius 3 is 2.49 bits per heavy atom. The van der Waals surface area contributed by atoms with Crippen molar-refractivity contribution in [1.82, 2.24) is 15.3 Å². The molecule has 2 heterocycles. The van der Waals surface area contributed by atoms with Crippen molar-refractivity contribution in [3.63, 3.8) is 0 Å². The number of benzene rings is 2. The first-order valence-electron chi connectivity index (χ1n) is 12.9. The molecule has 178 valence electrons. The Kier molecular flexibility index (Phi) is 7.17. The predicted molar refractivity (Wildman–Crippen MR) is 142 cm³/mol. The van der Waals surface area contributed by atoms with Crippen LogP contribution in [0.15, 0.2) is 79.1 Å². The summed E-state index contributed by atoms with van der Waals surface area (Å²) in [6.07, 6.45) is 11.4. The average Bonchev–Trinajstić information content (AvgIpc) is 2.92. The summed E-state index contributed by atoms with van der Waals surface area (Å²) >= 11 is 0. The Labute approximate surface area is 207 Å². The van der Waals surface area contributed by atoms with Crippen molar-refractivity contribution in [2.75, 3.05) is 0 Å². The van der Waals surface area contributed by atoms with Gasteiger partial charge >= 0.3 is 0 Å². The quantitative estimate of drug-likeness (QED) is 0.329. The molecule has 4 nitrogen and oxygen atoms in total. The molecule has 0 radical (unpaired) electrons. The van der Waals surface area contributed by atoms with Crippen molar-refractivity contribution in [2.45, 2.75) is 57.9 Å². The number of fused-ring (bicyclic) bond motifs is 1. The second-order valence-electron chi connectivity index (χ2n) is 9.72. The lowest BCUT2D eigenvalue weighted by atomic mass is 9.84. The zero-order valence-corrected chi connectivity index (χ0v) is 20.4. The molecule has 1 fully saturated rings. The van der Waals surface area contributed by atoms with Crippen molar-refractivity contribution >= 4 is 16.8 Å². The first-order chi connectivity index (χ1) is 17.2. The second kappa shape index (κ2) is 10.8. The number of carbonyl (C=O) groups excluding carboxylic acids is 1. The zero-order valence-electron chi connectivity index (χ0n) is 20.4. The summed E-state index contributed by atoms with van der Waals surface area (Å²) in [6, 6.07) is 22.5. The molecule has 1 unspecified atom stereocenters. The molecule has 0 aliphatic heterocycles. The van der Waals surface area contributed by atoms with E-state index in [-0.39, 0.29) is 11.9 Å². The van der Waals surface area contributed by atoms with E-state index >= 15 is 0 Å². The van der Waals surface area contributed by atoms with Gasteiger partial charge in [0.2, 0.25) is 0 Å². The summed E-state index contributed by atoms with van der Waals surface area (Å²) in [5, 5.41) is 4.31. The number of pyridine rings is 2. The summed E-state index contributed by atoms with van der Waals surface area (Å²) < 4.78 is 0. The normalized spacial score (nSPS) is 15.1. The highest BCUT2D eigenvalue weighted by atomic mass is 16.1. The zero-order chi connectivity index (χ0) is 24.0. The molecular formula is C31H33N3O. The van der Waals surface area contributed by atoms with Crippen LogP contribution in [0.25, 0.3) is 22.2 Å². The Hall–Kier alpha value is -3.53. The lowest BCUT2D eigenvalue weighted by Gasteiger charge is -2.29. The van der Waals surface area contributed by atoms with Crippen molar-refractivity contribution in [2.24, 2.45) is 5.92 Å². The van der Waals surface area contributed by atoms with Gasteiger partial charge in [-0.2, -0.15) is 0 Å². The number of para-hydroxylation sites is 1. The molecule has 2 aromatic carbocycles. The van der Waals surface area contributed by atoms with E-state index in [1.54, 1.807) is 6.20 Å². The standard InChI is InChI=1S/C31H33N3O/c1-22(24-12-4-2-5-13-24)33-31(35)29-26-16-8-9-17-28(26)34-30(25-14-6-3-7-15-25)27(29)19-18-23-11-10-20-32-21-23/h3,6-11,14-17,20-22,24H,2,4-5,12-13,18-19H2,1H3,(H,33,35). The third kappa shape index (κ3) is 5.27. The van der Waals surface area contributed by atoms with Crippen LogP contribution in [0.2, 0.25) is 0 Å². The van der Waals surface area contributed by atoms with Crippen molar-refractivity contribution in [1.29, 1.82) is 0 Å². The number of amides is 1. The van der Waals surface area contributed by atoms with Crippen LogP contribution in [0.5, 0.6) is 0 Å². The number of hydrogen-bond donors (Lipinski definition) is 1. The molecule has 1 aliphatic carbocycles. The number of hydrogen-bond acceptors (Lipinski definition) is 3. The van der Waals surface area contributed by atoms with Crippen molar-refractivity contribution < 1.29 is 4.79 Å². The number of nitrogens with zero attached hydrogens (tertiary/aromatic N) is 2. The molecule has 0 spiro atoms. The third-order valence-corrected chi connectivity index (χ3v) is 7.37. The van der Waals surface area contributed by atoms with Gasteiger partial charge in [0.05, 0.1) is 16.8 Å². The van der Waals surface area contributed by atoms with E-state index in [1.165, 1.54) is 32.1 Å². The molecule has 5 rings (SSSR count). The van der Waals surface area contributed by atoms with Gasteiger partial charge in [0.15, 0.2) is 0 Å². The van der Waals surface area contributed by atoms with Crippen molar-refractivity contribution in [3.05, 3.63) is 95.8 Å². The van der Waals surface area contributed by atoms with Gasteiger partial charge in [0.25, 0.3) is 5.91 Å². The van der Waals surface area contributed by atoms with Crippen LogP contribution in [-0.2, 0) is 12.8 Å². The fourth-order valence-corrected chi connectivity index (χ4v) is 5.44. The molecule has 1 atom stereocenters. The van der Waals surface area contributed by atoms with Gasteiger partial charge in [0.1, 0.15) is 0 Å². The van der Waals surface area contributed by atoms with E-state index in [2.05, 4.69) is 35.4 Å². The Bertz CT molecular complexity index is 1280. The Morgan fingerprint density at radius 1 is 0.943 bits per heavy atom. The molecule has 1 amide bonds. The van der Waals surface area contributed by atoms with E-state index < -0.39 is 0 Å². The Balaban J connectivity index is 1.59. The molecule has 0 saturated heterocycles. The maximum absolute atomic E-state index is 14.0. The maximum atomic E-state index is 14.0. The highest BCUT2D eigenvalue weighted by Gasteiger charge is 2.26. The second-order valence-corrected chi connectivity index (χ2v) is 9.72. The van der Waals surface area contributed by atoms with Gasteiger partial charge < -0.3 is 5.32 Å². The van der Waals surface area contributed by atoms with Crippen LogP contribution in [0, 0.1) is 5.92 Å². The van der Waals surface area contributed by atoms with Gasteiger partial charge in [-0.3, -0.25) is 9.78 Å². The van der Waals surface area contributed by atoms with E-state index in [0.717, 1.165) is 45.3 Å². The van der Waals surface area contributed by atoms with Crippen LogP contribution in [0.4, 0.5) is 0 Å². The molecule has 35 heavy (non-hydrogen) atoms. The van der Waals surface area contributed by atoms with Crippen LogP contribution >= 0.6 is 0 Å². The Morgan fingerprint density at radius 2 is 1.71 bits per heavy atom. The number of nitrogens with one attached hydrogen (secondary N) is 1. The number of aryl methyl sites for hydroxylation is 1. The highest BCUT2D eigenvalue weighted by Crippen LogP contribution is 2.32. The first kappa shape index (κ1) is 23.2. The number of aromatic nitrogens is 2. The average molecular weight is 464 g/mol. The van der Waals surface area contributed by atoms with Gasteiger partial charge in [-0.1, -0.05) is 73.9 Å². The summed E-state index contributed by atoms with van der Waals surface area (Å²) in [6.45, 7) is 2.17. The van der Waals surface area contributed by atoms with Crippen molar-refractivity contribution in [3.8, 4) is 11.3 Å². The summed E-state index contributed by atoms with van der Waals surface area (Å²) in [4.78, 5) is 23.3. The first-order valence-corrected chi connectivity index (χ1v) is 12.9. The maximum Gasteiger partial charge on any atom is 0.252 e. The largest absolute Gasteiger partial charge is 0.349 e. The molecule has 4 aromatic rings. The summed E-state index contributed by atoms with van der Waals surface area (Å²) in [5.41, 5.74) is 5.71. The van der Waals surface area contributed by atoms with Crippen LogP contribution in [0.1, 0.15) is 60.5 Å². The predicted octanol–water partition coefficient (Wildman–Crippen LogP) is 6.78. The molecule has 0 bridgehead atoms.